The molecule has 2 bridgehead atoms. The van der Waals surface area contributed by atoms with Crippen LogP contribution < -0.4 is 4.90 Å². The van der Waals surface area contributed by atoms with Crippen molar-refractivity contribution in [1.82, 2.24) is 14.9 Å². The van der Waals surface area contributed by atoms with Gasteiger partial charge in [-0.15, -0.1) is 0 Å². The van der Waals surface area contributed by atoms with E-state index in [2.05, 4.69) is 26.8 Å². The van der Waals surface area contributed by atoms with Crippen LogP contribution in [0.3, 0.4) is 0 Å². The highest BCUT2D eigenvalue weighted by molar-refractivity contribution is 6.30. The number of fused-ring (bicyclic) bond motifs is 2. The quantitative estimate of drug-likeness (QED) is 0.729. The van der Waals surface area contributed by atoms with E-state index in [1.165, 1.54) is 19.3 Å². The predicted molar refractivity (Wildman–Crippen MR) is 73.2 cm³/mol. The third kappa shape index (κ3) is 1.97. The zero-order chi connectivity index (χ0) is 12.7. The van der Waals surface area contributed by atoms with Gasteiger partial charge >= 0.3 is 0 Å². The van der Waals surface area contributed by atoms with Crippen molar-refractivity contribution in [2.45, 2.75) is 38.3 Å². The van der Waals surface area contributed by atoms with E-state index < -0.39 is 0 Å². The first-order valence-corrected chi connectivity index (χ1v) is 6.98. The van der Waals surface area contributed by atoms with Crippen molar-refractivity contribution in [3.05, 3.63) is 17.0 Å². The molecule has 2 atom stereocenters. The number of anilines is 1. The fourth-order valence-corrected chi connectivity index (χ4v) is 3.37. The lowest BCUT2D eigenvalue weighted by Gasteiger charge is -2.27. The lowest BCUT2D eigenvalue weighted by molar-refractivity contribution is 0.254. The van der Waals surface area contributed by atoms with Crippen molar-refractivity contribution < 1.29 is 0 Å². The molecular formula is C13H19ClN4. The largest absolute Gasteiger partial charge is 0.355 e. The zero-order valence-corrected chi connectivity index (χ0v) is 11.7. The van der Waals surface area contributed by atoms with Crippen molar-refractivity contribution >= 4 is 17.4 Å². The molecule has 0 aromatic carbocycles. The topological polar surface area (TPSA) is 32.3 Å². The molecule has 0 N–H and O–H groups in total. The molecule has 3 rings (SSSR count). The molecule has 1 aromatic rings. The van der Waals surface area contributed by atoms with Crippen LogP contribution in [-0.4, -0.2) is 47.1 Å². The lowest BCUT2D eigenvalue weighted by Crippen LogP contribution is -2.37. The SMILES string of the molecule is Cc1c(Cl)ncnc1N1CCC2CCC(C1)N2C. The molecule has 2 saturated heterocycles. The number of likely N-dealkylation sites (N-methyl/N-ethyl adjacent to an activating group) is 1. The van der Waals surface area contributed by atoms with Crippen LogP contribution >= 0.6 is 11.6 Å². The second-order valence-electron chi connectivity index (χ2n) is 5.40. The summed E-state index contributed by atoms with van der Waals surface area (Å²) in [5.74, 6) is 1.01. The molecule has 2 aliphatic rings. The van der Waals surface area contributed by atoms with E-state index in [0.29, 0.717) is 11.2 Å². The average Bonchev–Trinajstić information content (AvgIpc) is 2.58. The summed E-state index contributed by atoms with van der Waals surface area (Å²) in [6, 6.07) is 1.41. The highest BCUT2D eigenvalue weighted by Crippen LogP contribution is 2.31. The molecule has 1 aromatic heterocycles. The van der Waals surface area contributed by atoms with Crippen LogP contribution in [0.2, 0.25) is 5.15 Å². The van der Waals surface area contributed by atoms with Gasteiger partial charge in [0.15, 0.2) is 0 Å². The molecule has 2 aliphatic heterocycles. The van der Waals surface area contributed by atoms with Crippen molar-refractivity contribution in [3.8, 4) is 0 Å². The maximum atomic E-state index is 6.09. The maximum absolute atomic E-state index is 6.09. The van der Waals surface area contributed by atoms with E-state index in [9.17, 15) is 0 Å². The third-order valence-corrected chi connectivity index (χ3v) is 4.82. The van der Waals surface area contributed by atoms with Gasteiger partial charge in [0, 0.05) is 30.7 Å². The fourth-order valence-electron chi connectivity index (χ4n) is 3.24. The van der Waals surface area contributed by atoms with Gasteiger partial charge in [-0.1, -0.05) is 11.6 Å². The number of rotatable bonds is 1. The molecule has 0 amide bonds. The smallest absolute Gasteiger partial charge is 0.137 e. The summed E-state index contributed by atoms with van der Waals surface area (Å²) >= 11 is 6.09. The van der Waals surface area contributed by atoms with E-state index in [0.717, 1.165) is 30.5 Å². The van der Waals surface area contributed by atoms with E-state index >= 15 is 0 Å². The average molecular weight is 267 g/mol. The molecule has 0 saturated carbocycles. The standard InChI is InChI=1S/C13H19ClN4/c1-9-12(14)15-8-16-13(9)18-6-5-10-3-4-11(7-18)17(10)2/h8,10-11H,3-7H2,1-2H3. The van der Waals surface area contributed by atoms with Crippen LogP contribution in [0.1, 0.15) is 24.8 Å². The van der Waals surface area contributed by atoms with Crippen LogP contribution in [0, 0.1) is 6.92 Å². The monoisotopic (exact) mass is 266 g/mol. The van der Waals surface area contributed by atoms with E-state index in [4.69, 9.17) is 11.6 Å². The maximum Gasteiger partial charge on any atom is 0.137 e. The van der Waals surface area contributed by atoms with Crippen LogP contribution in [-0.2, 0) is 0 Å². The molecule has 0 radical (unpaired) electrons. The molecule has 2 unspecified atom stereocenters. The zero-order valence-electron chi connectivity index (χ0n) is 10.9. The van der Waals surface area contributed by atoms with Crippen molar-refractivity contribution in [2.75, 3.05) is 25.0 Å². The first-order valence-electron chi connectivity index (χ1n) is 6.61. The van der Waals surface area contributed by atoms with Gasteiger partial charge in [0.1, 0.15) is 17.3 Å². The van der Waals surface area contributed by atoms with Crippen LogP contribution in [0.4, 0.5) is 5.82 Å². The summed E-state index contributed by atoms with van der Waals surface area (Å²) in [6.07, 6.45) is 5.43. The molecule has 98 valence electrons. The van der Waals surface area contributed by atoms with E-state index in [1.807, 2.05) is 6.92 Å². The summed E-state index contributed by atoms with van der Waals surface area (Å²) in [6.45, 7) is 4.13. The molecule has 18 heavy (non-hydrogen) atoms. The Kier molecular flexibility index (Phi) is 3.16. The Labute approximate surface area is 113 Å². The van der Waals surface area contributed by atoms with Gasteiger partial charge in [0.25, 0.3) is 0 Å². The minimum Gasteiger partial charge on any atom is -0.355 e. The second-order valence-corrected chi connectivity index (χ2v) is 5.76. The lowest BCUT2D eigenvalue weighted by atomic mass is 10.1. The summed E-state index contributed by atoms with van der Waals surface area (Å²) in [5.41, 5.74) is 1.000. The highest BCUT2D eigenvalue weighted by Gasteiger charge is 2.35. The molecule has 2 fully saturated rings. The minimum absolute atomic E-state index is 0.572. The Morgan fingerprint density at radius 3 is 2.83 bits per heavy atom. The number of hydrogen-bond donors (Lipinski definition) is 0. The van der Waals surface area contributed by atoms with Crippen molar-refractivity contribution in [1.29, 1.82) is 0 Å². The second kappa shape index (κ2) is 4.67. The minimum atomic E-state index is 0.572. The Hall–Kier alpha value is -0.870. The summed E-state index contributed by atoms with van der Waals surface area (Å²) in [4.78, 5) is 13.4. The van der Waals surface area contributed by atoms with Crippen LogP contribution in [0.5, 0.6) is 0 Å². The molecule has 4 nitrogen and oxygen atoms in total. The molecular weight excluding hydrogens is 248 g/mol. The summed E-state index contributed by atoms with van der Waals surface area (Å²) < 4.78 is 0. The first-order chi connectivity index (χ1) is 8.66. The Morgan fingerprint density at radius 1 is 1.22 bits per heavy atom. The van der Waals surface area contributed by atoms with E-state index in [-0.39, 0.29) is 0 Å². The van der Waals surface area contributed by atoms with Crippen LogP contribution in [0.15, 0.2) is 6.33 Å². The summed E-state index contributed by atoms with van der Waals surface area (Å²) in [5, 5.41) is 0.572. The third-order valence-electron chi connectivity index (χ3n) is 4.44. The number of nitrogens with zero attached hydrogens (tertiary/aromatic N) is 4. The highest BCUT2D eigenvalue weighted by atomic mass is 35.5. The summed E-state index contributed by atoms with van der Waals surface area (Å²) in [7, 11) is 2.26. The Morgan fingerprint density at radius 2 is 2.00 bits per heavy atom. The molecule has 5 heteroatoms. The number of hydrogen-bond acceptors (Lipinski definition) is 4. The van der Waals surface area contributed by atoms with Gasteiger partial charge in [-0.3, -0.25) is 4.90 Å². The fraction of sp³-hybridized carbons (Fsp3) is 0.692. The number of aromatic nitrogens is 2. The van der Waals surface area contributed by atoms with Gasteiger partial charge in [0.05, 0.1) is 0 Å². The van der Waals surface area contributed by atoms with Gasteiger partial charge in [-0.05, 0) is 33.2 Å². The Balaban J connectivity index is 1.87. The Bertz CT molecular complexity index is 451. The molecule has 3 heterocycles. The van der Waals surface area contributed by atoms with Crippen molar-refractivity contribution in [2.24, 2.45) is 0 Å². The van der Waals surface area contributed by atoms with E-state index in [1.54, 1.807) is 6.33 Å². The van der Waals surface area contributed by atoms with Gasteiger partial charge < -0.3 is 4.90 Å². The van der Waals surface area contributed by atoms with Crippen LogP contribution in [0.25, 0.3) is 0 Å². The predicted octanol–water partition coefficient (Wildman–Crippen LogP) is 2.11. The van der Waals surface area contributed by atoms with Gasteiger partial charge in [-0.25, -0.2) is 9.97 Å². The van der Waals surface area contributed by atoms with Gasteiger partial charge in [0.2, 0.25) is 0 Å². The van der Waals surface area contributed by atoms with Crippen molar-refractivity contribution in [3.63, 3.8) is 0 Å². The number of halogens is 1. The normalized spacial score (nSPS) is 28.5. The van der Waals surface area contributed by atoms with Gasteiger partial charge in [-0.2, -0.15) is 0 Å². The molecule has 0 aliphatic carbocycles. The first kappa shape index (κ1) is 12.2. The molecule has 0 spiro atoms.